The lowest BCUT2D eigenvalue weighted by molar-refractivity contribution is -0.128. The number of nitrogens with one attached hydrogen (secondary N) is 2. The maximum absolute atomic E-state index is 12.0. The van der Waals surface area contributed by atoms with E-state index in [2.05, 4.69) is 10.0 Å². The number of hydrogen-bond acceptors (Lipinski definition) is 4. The number of rotatable bonds is 5. The third-order valence-corrected chi connectivity index (χ3v) is 4.09. The summed E-state index contributed by atoms with van der Waals surface area (Å²) in [5.74, 6) is -0.250. The first-order valence-electron chi connectivity index (χ1n) is 6.23. The van der Waals surface area contributed by atoms with Crippen molar-refractivity contribution in [3.63, 3.8) is 0 Å². The second-order valence-corrected chi connectivity index (χ2v) is 7.09. The fourth-order valence-electron chi connectivity index (χ4n) is 2.33. The van der Waals surface area contributed by atoms with E-state index in [1.54, 1.807) is 0 Å². The van der Waals surface area contributed by atoms with Crippen LogP contribution >= 0.6 is 12.4 Å². The molecule has 1 amide bonds. The Hall–Kier alpha value is -0.370. The van der Waals surface area contributed by atoms with Gasteiger partial charge in [0.2, 0.25) is 15.9 Å². The number of nitrogens with two attached hydrogens (primary N) is 1. The Morgan fingerprint density at radius 2 is 2.00 bits per heavy atom. The normalized spacial score (nSPS) is 27.4. The zero-order valence-electron chi connectivity index (χ0n) is 11.4. The molecule has 1 aliphatic carbocycles. The molecule has 114 valence electrons. The summed E-state index contributed by atoms with van der Waals surface area (Å²) in [5.41, 5.74) is 5.67. The van der Waals surface area contributed by atoms with E-state index in [0.29, 0.717) is 6.54 Å². The summed E-state index contributed by atoms with van der Waals surface area (Å²) < 4.78 is 24.0. The van der Waals surface area contributed by atoms with E-state index in [0.717, 1.165) is 31.9 Å². The highest BCUT2D eigenvalue weighted by atomic mass is 35.5. The molecule has 0 aromatic rings. The van der Waals surface area contributed by atoms with E-state index in [-0.39, 0.29) is 30.8 Å². The number of halogens is 1. The van der Waals surface area contributed by atoms with Gasteiger partial charge in [0.05, 0.1) is 12.2 Å². The molecule has 0 aliphatic heterocycles. The van der Waals surface area contributed by atoms with Gasteiger partial charge in [0.25, 0.3) is 0 Å². The number of hydrogen-bond donors (Lipinski definition) is 3. The SMILES string of the molecule is CC1(N)CCCCC1C(=O)NCCNS(C)(=O)=O.Cl. The van der Waals surface area contributed by atoms with Crippen LogP contribution in [0, 0.1) is 5.92 Å². The first-order chi connectivity index (χ1) is 8.22. The van der Waals surface area contributed by atoms with Crippen molar-refractivity contribution in [1.82, 2.24) is 10.0 Å². The molecule has 0 aromatic heterocycles. The van der Waals surface area contributed by atoms with Crippen LogP contribution in [0.5, 0.6) is 0 Å². The van der Waals surface area contributed by atoms with Crippen LogP contribution < -0.4 is 15.8 Å². The van der Waals surface area contributed by atoms with Crippen molar-refractivity contribution in [2.75, 3.05) is 19.3 Å². The van der Waals surface area contributed by atoms with Crippen LogP contribution in [0.15, 0.2) is 0 Å². The van der Waals surface area contributed by atoms with Gasteiger partial charge in [-0.05, 0) is 19.8 Å². The average molecular weight is 314 g/mol. The van der Waals surface area contributed by atoms with E-state index in [4.69, 9.17) is 5.73 Å². The monoisotopic (exact) mass is 313 g/mol. The first-order valence-corrected chi connectivity index (χ1v) is 8.13. The molecule has 0 saturated heterocycles. The van der Waals surface area contributed by atoms with Gasteiger partial charge >= 0.3 is 0 Å². The second-order valence-electron chi connectivity index (χ2n) is 5.26. The molecular formula is C11H24ClN3O3S. The van der Waals surface area contributed by atoms with E-state index in [1.165, 1.54) is 0 Å². The van der Waals surface area contributed by atoms with Crippen LogP contribution in [0.2, 0.25) is 0 Å². The number of sulfonamides is 1. The molecule has 0 spiro atoms. The van der Waals surface area contributed by atoms with Crippen molar-refractivity contribution < 1.29 is 13.2 Å². The lowest BCUT2D eigenvalue weighted by atomic mass is 9.74. The van der Waals surface area contributed by atoms with E-state index in [1.807, 2.05) is 6.92 Å². The molecule has 0 heterocycles. The highest BCUT2D eigenvalue weighted by Crippen LogP contribution is 2.31. The predicted octanol–water partition coefficient (Wildman–Crippen LogP) is -0.0188. The van der Waals surface area contributed by atoms with Gasteiger partial charge in [-0.15, -0.1) is 12.4 Å². The summed E-state index contributed by atoms with van der Waals surface area (Å²) in [7, 11) is -3.20. The third kappa shape index (κ3) is 6.56. The maximum atomic E-state index is 12.0. The predicted molar refractivity (Wildman–Crippen MR) is 77.7 cm³/mol. The lowest BCUT2D eigenvalue weighted by Gasteiger charge is -2.37. The number of carbonyl (C=O) groups is 1. The summed E-state index contributed by atoms with van der Waals surface area (Å²) in [6.07, 6.45) is 4.83. The van der Waals surface area contributed by atoms with Crippen molar-refractivity contribution in [2.24, 2.45) is 11.7 Å². The van der Waals surface area contributed by atoms with Crippen LogP contribution in [0.1, 0.15) is 32.6 Å². The molecule has 1 rings (SSSR count). The average Bonchev–Trinajstić information content (AvgIpc) is 2.22. The van der Waals surface area contributed by atoms with Gasteiger partial charge < -0.3 is 11.1 Å². The topological polar surface area (TPSA) is 101 Å². The maximum Gasteiger partial charge on any atom is 0.225 e. The Morgan fingerprint density at radius 3 is 2.53 bits per heavy atom. The van der Waals surface area contributed by atoms with Crippen molar-refractivity contribution in [3.8, 4) is 0 Å². The molecule has 1 saturated carbocycles. The van der Waals surface area contributed by atoms with E-state index < -0.39 is 15.6 Å². The fraction of sp³-hybridized carbons (Fsp3) is 0.909. The summed E-state index contributed by atoms with van der Waals surface area (Å²) in [6.45, 7) is 2.40. The summed E-state index contributed by atoms with van der Waals surface area (Å²) in [4.78, 5) is 12.0. The standard InChI is InChI=1S/C11H23N3O3S.ClH/c1-11(12)6-4-3-5-9(11)10(15)13-7-8-14-18(2,16)17;/h9,14H,3-8,12H2,1-2H3,(H,13,15);1H. The molecule has 8 heteroatoms. The van der Waals surface area contributed by atoms with E-state index in [9.17, 15) is 13.2 Å². The van der Waals surface area contributed by atoms with Crippen LogP contribution in [-0.4, -0.2) is 39.2 Å². The Labute approximate surface area is 121 Å². The molecule has 2 atom stereocenters. The fourth-order valence-corrected chi connectivity index (χ4v) is 2.81. The molecule has 6 nitrogen and oxygen atoms in total. The minimum Gasteiger partial charge on any atom is -0.354 e. The largest absolute Gasteiger partial charge is 0.354 e. The molecular weight excluding hydrogens is 290 g/mol. The van der Waals surface area contributed by atoms with Gasteiger partial charge in [0.1, 0.15) is 0 Å². The quantitative estimate of drug-likeness (QED) is 0.621. The molecule has 1 fully saturated rings. The zero-order valence-corrected chi connectivity index (χ0v) is 13.1. The Morgan fingerprint density at radius 1 is 1.37 bits per heavy atom. The second kappa shape index (κ2) is 7.42. The molecule has 0 radical (unpaired) electrons. The zero-order chi connectivity index (χ0) is 13.8. The molecule has 1 aliphatic rings. The molecule has 0 aromatic carbocycles. The van der Waals surface area contributed by atoms with Gasteiger partial charge in [-0.25, -0.2) is 13.1 Å². The first kappa shape index (κ1) is 18.6. The summed E-state index contributed by atoms with van der Waals surface area (Å²) in [6, 6.07) is 0. The Balaban J connectivity index is 0.00000324. The van der Waals surface area contributed by atoms with Crippen molar-refractivity contribution in [2.45, 2.75) is 38.1 Å². The van der Waals surface area contributed by atoms with Gasteiger partial charge in [-0.1, -0.05) is 12.8 Å². The molecule has 2 unspecified atom stereocenters. The van der Waals surface area contributed by atoms with Crippen LogP contribution in [0.25, 0.3) is 0 Å². The van der Waals surface area contributed by atoms with Gasteiger partial charge in [0.15, 0.2) is 0 Å². The minimum atomic E-state index is -3.20. The van der Waals surface area contributed by atoms with Crippen LogP contribution in [0.3, 0.4) is 0 Å². The van der Waals surface area contributed by atoms with Crippen LogP contribution in [0.4, 0.5) is 0 Å². The van der Waals surface area contributed by atoms with Crippen LogP contribution in [-0.2, 0) is 14.8 Å². The van der Waals surface area contributed by atoms with Gasteiger partial charge in [0, 0.05) is 18.6 Å². The van der Waals surface area contributed by atoms with Crippen molar-refractivity contribution >= 4 is 28.3 Å². The minimum absolute atomic E-state index is 0. The summed E-state index contributed by atoms with van der Waals surface area (Å²) >= 11 is 0. The van der Waals surface area contributed by atoms with E-state index >= 15 is 0 Å². The highest BCUT2D eigenvalue weighted by molar-refractivity contribution is 7.88. The van der Waals surface area contributed by atoms with Crippen molar-refractivity contribution in [1.29, 1.82) is 0 Å². The highest BCUT2D eigenvalue weighted by Gasteiger charge is 2.37. The molecule has 0 bridgehead atoms. The summed E-state index contributed by atoms with van der Waals surface area (Å²) in [5, 5.41) is 2.73. The van der Waals surface area contributed by atoms with Gasteiger partial charge in [-0.2, -0.15) is 0 Å². The third-order valence-electron chi connectivity index (χ3n) is 3.36. The van der Waals surface area contributed by atoms with Gasteiger partial charge in [-0.3, -0.25) is 4.79 Å². The Bertz CT molecular complexity index is 398. The smallest absolute Gasteiger partial charge is 0.225 e. The van der Waals surface area contributed by atoms with Crippen molar-refractivity contribution in [3.05, 3.63) is 0 Å². The number of carbonyl (C=O) groups excluding carboxylic acids is 1. The molecule has 19 heavy (non-hydrogen) atoms. The lowest BCUT2D eigenvalue weighted by Crippen LogP contribution is -2.53. The number of amides is 1. The molecule has 4 N–H and O–H groups in total. The Kier molecular flexibility index (Phi) is 7.28.